The van der Waals surface area contributed by atoms with Crippen LogP contribution in [-0.2, 0) is 5.41 Å². The average Bonchev–Trinajstić information content (AvgIpc) is 2.54. The summed E-state index contributed by atoms with van der Waals surface area (Å²) in [6.07, 6.45) is 0.845. The zero-order valence-corrected chi connectivity index (χ0v) is 14.4. The number of hydrogen-bond acceptors (Lipinski definition) is 5. The van der Waals surface area contributed by atoms with Crippen LogP contribution in [0.3, 0.4) is 0 Å². The first kappa shape index (κ1) is 17.9. The van der Waals surface area contributed by atoms with E-state index in [1.807, 2.05) is 20.8 Å². The number of para-hydroxylation sites is 1. The Kier molecular flexibility index (Phi) is 5.19. The van der Waals surface area contributed by atoms with Crippen molar-refractivity contribution in [2.75, 3.05) is 0 Å². The molecule has 0 aliphatic carbocycles. The summed E-state index contributed by atoms with van der Waals surface area (Å²) in [6, 6.07) is 9.11. The van der Waals surface area contributed by atoms with Gasteiger partial charge in [0.1, 0.15) is 11.4 Å². The highest BCUT2D eigenvalue weighted by molar-refractivity contribution is 6.31. The summed E-state index contributed by atoms with van der Waals surface area (Å²) < 4.78 is 0. The van der Waals surface area contributed by atoms with E-state index >= 15 is 0 Å². The van der Waals surface area contributed by atoms with Crippen LogP contribution in [0.25, 0.3) is 0 Å². The fourth-order valence-electron chi connectivity index (χ4n) is 2.15. The maximum atomic E-state index is 11.0. The number of hydrogen-bond donors (Lipinski definition) is 1. The van der Waals surface area contributed by atoms with Gasteiger partial charge < -0.3 is 5.11 Å². The predicted molar refractivity (Wildman–Crippen MR) is 93.7 cm³/mol. The second kappa shape index (κ2) is 6.97. The summed E-state index contributed by atoms with van der Waals surface area (Å²) >= 11 is 6.23. The van der Waals surface area contributed by atoms with Crippen LogP contribution in [0.1, 0.15) is 32.8 Å². The van der Waals surface area contributed by atoms with Gasteiger partial charge in [-0.15, -0.1) is 10.2 Å². The van der Waals surface area contributed by atoms with Crippen LogP contribution >= 0.6 is 11.6 Å². The number of nitro benzene ring substituents is 1. The first-order valence-corrected chi connectivity index (χ1v) is 7.82. The van der Waals surface area contributed by atoms with Crippen LogP contribution in [0.5, 0.6) is 5.75 Å². The number of phenolic OH excluding ortho intramolecular Hbond substituents is 1. The fourth-order valence-corrected chi connectivity index (χ4v) is 2.57. The number of phenols is 1. The van der Waals surface area contributed by atoms with E-state index in [2.05, 4.69) is 10.2 Å². The Hall–Kier alpha value is -2.47. The third-order valence-corrected chi connectivity index (χ3v) is 4.33. The van der Waals surface area contributed by atoms with Gasteiger partial charge in [-0.1, -0.05) is 44.5 Å². The third-order valence-electron chi connectivity index (χ3n) is 4.02. The Balaban J connectivity index is 2.47. The summed E-state index contributed by atoms with van der Waals surface area (Å²) in [4.78, 5) is 10.5. The van der Waals surface area contributed by atoms with Crippen molar-refractivity contribution in [1.82, 2.24) is 0 Å². The minimum atomic E-state index is -0.526. The van der Waals surface area contributed by atoms with Crippen molar-refractivity contribution < 1.29 is 10.0 Å². The first-order chi connectivity index (χ1) is 11.3. The van der Waals surface area contributed by atoms with Crippen LogP contribution in [0.15, 0.2) is 46.6 Å². The number of nitro groups is 1. The van der Waals surface area contributed by atoms with Crippen molar-refractivity contribution in [3.05, 3.63) is 57.1 Å². The molecule has 126 valence electrons. The summed E-state index contributed by atoms with van der Waals surface area (Å²) in [5, 5.41) is 29.4. The molecule has 0 aliphatic heterocycles. The molecule has 0 radical (unpaired) electrons. The molecule has 0 atom stereocenters. The first-order valence-electron chi connectivity index (χ1n) is 7.44. The van der Waals surface area contributed by atoms with Gasteiger partial charge >= 0.3 is 0 Å². The van der Waals surface area contributed by atoms with E-state index in [0.717, 1.165) is 12.0 Å². The van der Waals surface area contributed by atoms with Gasteiger partial charge in [0.2, 0.25) is 0 Å². The molecule has 0 aliphatic rings. The molecule has 24 heavy (non-hydrogen) atoms. The standard InChI is InChI=1S/C17H18ClN3O3/c1-4-17(2,3)11-9-14(16(22)10-12(11)18)20-19-13-7-5-6-8-15(13)21(23)24/h5-10,22H,4H2,1-3H3. The van der Waals surface area contributed by atoms with Gasteiger partial charge in [-0.05, 0) is 29.5 Å². The molecule has 0 amide bonds. The molecule has 2 aromatic rings. The lowest BCUT2D eigenvalue weighted by Crippen LogP contribution is -2.15. The fraction of sp³-hybridized carbons (Fsp3) is 0.294. The second-order valence-electron chi connectivity index (χ2n) is 6.00. The van der Waals surface area contributed by atoms with E-state index in [4.69, 9.17) is 11.6 Å². The molecule has 7 heteroatoms. The monoisotopic (exact) mass is 347 g/mol. The normalized spacial score (nSPS) is 11.8. The number of aromatic hydroxyl groups is 1. The van der Waals surface area contributed by atoms with Gasteiger partial charge in [0.05, 0.1) is 4.92 Å². The molecular formula is C17H18ClN3O3. The third kappa shape index (κ3) is 3.71. The molecular weight excluding hydrogens is 330 g/mol. The molecule has 6 nitrogen and oxygen atoms in total. The van der Waals surface area contributed by atoms with Crippen molar-refractivity contribution in [2.45, 2.75) is 32.6 Å². The molecule has 0 saturated carbocycles. The molecule has 1 N–H and O–H groups in total. The SMILES string of the molecule is CCC(C)(C)c1cc(N=Nc2ccccc2[N+](=O)[O-])c(O)cc1Cl. The Labute approximate surface area is 145 Å². The number of nitrogens with zero attached hydrogens (tertiary/aromatic N) is 3. The lowest BCUT2D eigenvalue weighted by atomic mass is 9.82. The molecule has 0 aromatic heterocycles. The zero-order chi connectivity index (χ0) is 17.9. The van der Waals surface area contributed by atoms with E-state index in [1.165, 1.54) is 18.2 Å². The maximum absolute atomic E-state index is 11.0. The Morgan fingerprint density at radius 3 is 2.46 bits per heavy atom. The van der Waals surface area contributed by atoms with Gasteiger partial charge in [-0.25, -0.2) is 0 Å². The van der Waals surface area contributed by atoms with E-state index < -0.39 is 4.92 Å². The highest BCUT2D eigenvalue weighted by Crippen LogP contribution is 2.40. The number of halogens is 1. The van der Waals surface area contributed by atoms with Gasteiger partial charge in [0, 0.05) is 17.2 Å². The molecule has 2 rings (SSSR count). The highest BCUT2D eigenvalue weighted by atomic mass is 35.5. The summed E-state index contributed by atoms with van der Waals surface area (Å²) in [6.45, 7) is 6.11. The molecule has 0 bridgehead atoms. The topological polar surface area (TPSA) is 88.1 Å². The Morgan fingerprint density at radius 1 is 1.21 bits per heavy atom. The van der Waals surface area contributed by atoms with Crippen LogP contribution in [0.2, 0.25) is 5.02 Å². The van der Waals surface area contributed by atoms with Gasteiger partial charge in [0.15, 0.2) is 5.69 Å². The highest BCUT2D eigenvalue weighted by Gasteiger charge is 2.23. The number of rotatable bonds is 5. The van der Waals surface area contributed by atoms with Gasteiger partial charge in [-0.3, -0.25) is 10.1 Å². The van der Waals surface area contributed by atoms with E-state index in [1.54, 1.807) is 18.2 Å². The van der Waals surface area contributed by atoms with Crippen molar-refractivity contribution >= 4 is 28.7 Å². The minimum Gasteiger partial charge on any atom is -0.506 e. The van der Waals surface area contributed by atoms with Crippen LogP contribution in [0.4, 0.5) is 17.1 Å². The van der Waals surface area contributed by atoms with E-state index in [0.29, 0.717) is 5.02 Å². The number of benzene rings is 2. The largest absolute Gasteiger partial charge is 0.506 e. The Bertz CT molecular complexity index is 804. The lowest BCUT2D eigenvalue weighted by molar-refractivity contribution is -0.384. The van der Waals surface area contributed by atoms with Gasteiger partial charge in [-0.2, -0.15) is 0 Å². The van der Waals surface area contributed by atoms with Crippen molar-refractivity contribution in [1.29, 1.82) is 0 Å². The van der Waals surface area contributed by atoms with Crippen molar-refractivity contribution in [3.63, 3.8) is 0 Å². The van der Waals surface area contributed by atoms with Crippen molar-refractivity contribution in [2.24, 2.45) is 10.2 Å². The van der Waals surface area contributed by atoms with E-state index in [-0.39, 0.29) is 28.2 Å². The van der Waals surface area contributed by atoms with Crippen LogP contribution in [0, 0.1) is 10.1 Å². The zero-order valence-electron chi connectivity index (χ0n) is 13.7. The molecule has 2 aromatic carbocycles. The molecule has 0 spiro atoms. The summed E-state index contributed by atoms with van der Waals surface area (Å²) in [5.74, 6) is -0.127. The van der Waals surface area contributed by atoms with Gasteiger partial charge in [0.25, 0.3) is 5.69 Å². The maximum Gasteiger partial charge on any atom is 0.296 e. The van der Waals surface area contributed by atoms with E-state index in [9.17, 15) is 15.2 Å². The number of azo groups is 1. The average molecular weight is 348 g/mol. The van der Waals surface area contributed by atoms with Crippen molar-refractivity contribution in [3.8, 4) is 5.75 Å². The second-order valence-corrected chi connectivity index (χ2v) is 6.41. The molecule has 0 saturated heterocycles. The molecule has 0 unspecified atom stereocenters. The summed E-state index contributed by atoms with van der Waals surface area (Å²) in [5.41, 5.74) is 0.820. The predicted octanol–water partition coefficient (Wildman–Crippen LogP) is 6.06. The molecule has 0 fully saturated rings. The smallest absolute Gasteiger partial charge is 0.296 e. The van der Waals surface area contributed by atoms with Crippen LogP contribution < -0.4 is 0 Å². The summed E-state index contributed by atoms with van der Waals surface area (Å²) in [7, 11) is 0. The Morgan fingerprint density at radius 2 is 1.83 bits per heavy atom. The lowest BCUT2D eigenvalue weighted by Gasteiger charge is -2.25. The molecule has 0 heterocycles. The minimum absolute atomic E-state index is 0.119. The van der Waals surface area contributed by atoms with Crippen LogP contribution in [-0.4, -0.2) is 10.0 Å². The quantitative estimate of drug-likeness (QED) is 0.405.